The summed E-state index contributed by atoms with van der Waals surface area (Å²) in [7, 11) is 0. The van der Waals surface area contributed by atoms with E-state index in [2.05, 4.69) is 33.3 Å². The van der Waals surface area contributed by atoms with Crippen molar-refractivity contribution in [1.82, 2.24) is 10.2 Å². The minimum Gasteiger partial charge on any atom is -0.368 e. The molecule has 2 aliphatic rings. The standard InChI is InChI=1S/C23H33ClN4O/c24-21-5-1-2-6-22(21)28-17-15-27(16-18-28)14-12-19-8-10-20(11-9-19)26-23(29)7-3-4-13-25/h1-2,5-6,19-20H,3-4,7-12,14-18H2,(H,26,29). The number of nitrogens with zero attached hydrogens (tertiary/aromatic N) is 3. The molecule has 1 saturated heterocycles. The fourth-order valence-corrected chi connectivity index (χ4v) is 4.76. The highest BCUT2D eigenvalue weighted by Gasteiger charge is 2.24. The second kappa shape index (κ2) is 11.4. The molecule has 0 unspecified atom stereocenters. The lowest BCUT2D eigenvalue weighted by Gasteiger charge is -2.37. The Labute approximate surface area is 180 Å². The van der Waals surface area contributed by atoms with Crippen molar-refractivity contribution in [2.45, 2.75) is 57.4 Å². The quantitative estimate of drug-likeness (QED) is 0.644. The summed E-state index contributed by atoms with van der Waals surface area (Å²) in [5, 5.41) is 12.6. The van der Waals surface area contributed by atoms with Crippen LogP contribution < -0.4 is 10.2 Å². The van der Waals surface area contributed by atoms with Crippen molar-refractivity contribution in [2.75, 3.05) is 37.6 Å². The van der Waals surface area contributed by atoms with Crippen molar-refractivity contribution in [2.24, 2.45) is 5.92 Å². The van der Waals surface area contributed by atoms with Crippen LogP contribution in [0.1, 0.15) is 51.4 Å². The third-order valence-corrected chi connectivity index (χ3v) is 6.64. The lowest BCUT2D eigenvalue weighted by molar-refractivity contribution is -0.122. The number of hydrogen-bond acceptors (Lipinski definition) is 4. The normalized spacial score (nSPS) is 22.8. The van der Waals surface area contributed by atoms with Crippen molar-refractivity contribution in [3.8, 4) is 6.07 Å². The van der Waals surface area contributed by atoms with E-state index in [1.807, 2.05) is 12.1 Å². The van der Waals surface area contributed by atoms with Crippen LogP contribution in [-0.2, 0) is 4.79 Å². The highest BCUT2D eigenvalue weighted by Crippen LogP contribution is 2.28. The summed E-state index contributed by atoms with van der Waals surface area (Å²) in [4.78, 5) is 16.9. The fraction of sp³-hybridized carbons (Fsp3) is 0.652. The van der Waals surface area contributed by atoms with Gasteiger partial charge in [-0.2, -0.15) is 5.26 Å². The molecule has 6 heteroatoms. The van der Waals surface area contributed by atoms with Crippen LogP contribution in [0.5, 0.6) is 0 Å². The van der Waals surface area contributed by atoms with Crippen LogP contribution in [0.15, 0.2) is 24.3 Å². The maximum absolute atomic E-state index is 11.9. The predicted octanol–water partition coefficient (Wildman–Crippen LogP) is 4.22. The monoisotopic (exact) mass is 416 g/mol. The van der Waals surface area contributed by atoms with E-state index in [9.17, 15) is 4.79 Å². The van der Waals surface area contributed by atoms with Gasteiger partial charge >= 0.3 is 0 Å². The van der Waals surface area contributed by atoms with E-state index >= 15 is 0 Å². The van der Waals surface area contributed by atoms with Crippen molar-refractivity contribution in [3.63, 3.8) is 0 Å². The fourth-order valence-electron chi connectivity index (χ4n) is 4.51. The average molecular weight is 417 g/mol. The Morgan fingerprint density at radius 1 is 1.14 bits per heavy atom. The molecule has 0 spiro atoms. The third kappa shape index (κ3) is 6.90. The summed E-state index contributed by atoms with van der Waals surface area (Å²) in [5.74, 6) is 0.892. The number of anilines is 1. The summed E-state index contributed by atoms with van der Waals surface area (Å²) in [6.45, 7) is 5.44. The number of carbonyl (C=O) groups excluding carboxylic acids is 1. The summed E-state index contributed by atoms with van der Waals surface area (Å²) < 4.78 is 0. The molecular formula is C23H33ClN4O. The lowest BCUT2D eigenvalue weighted by Crippen LogP contribution is -2.47. The summed E-state index contributed by atoms with van der Waals surface area (Å²) in [6.07, 6.45) is 7.48. The first-order valence-electron chi connectivity index (χ1n) is 11.0. The predicted molar refractivity (Wildman–Crippen MR) is 118 cm³/mol. The Morgan fingerprint density at radius 2 is 1.86 bits per heavy atom. The van der Waals surface area contributed by atoms with Gasteiger partial charge in [0.2, 0.25) is 5.91 Å². The van der Waals surface area contributed by atoms with E-state index in [0.717, 1.165) is 55.6 Å². The molecule has 29 heavy (non-hydrogen) atoms. The highest BCUT2D eigenvalue weighted by atomic mass is 35.5. The van der Waals surface area contributed by atoms with Gasteiger partial charge in [-0.05, 0) is 63.1 Å². The first kappa shape index (κ1) is 21.9. The Morgan fingerprint density at radius 3 is 2.55 bits per heavy atom. The molecule has 1 aromatic carbocycles. The van der Waals surface area contributed by atoms with E-state index in [4.69, 9.17) is 16.9 Å². The number of carbonyl (C=O) groups is 1. The van der Waals surface area contributed by atoms with Gasteiger partial charge in [-0.15, -0.1) is 0 Å². The van der Waals surface area contributed by atoms with Crippen LogP contribution in [0.2, 0.25) is 5.02 Å². The van der Waals surface area contributed by atoms with Crippen LogP contribution in [0.3, 0.4) is 0 Å². The van der Waals surface area contributed by atoms with Gasteiger partial charge in [0.25, 0.3) is 0 Å². The van der Waals surface area contributed by atoms with Gasteiger partial charge in [-0.25, -0.2) is 0 Å². The SMILES string of the molecule is N#CCCCC(=O)NC1CCC(CCN2CCN(c3ccccc3Cl)CC2)CC1. The molecule has 0 bridgehead atoms. The van der Waals surface area contributed by atoms with Crippen LogP contribution in [-0.4, -0.2) is 49.6 Å². The molecule has 0 aromatic heterocycles. The Balaban J connectivity index is 1.30. The molecule has 1 N–H and O–H groups in total. The number of benzene rings is 1. The lowest BCUT2D eigenvalue weighted by atomic mass is 9.84. The third-order valence-electron chi connectivity index (χ3n) is 6.32. The van der Waals surface area contributed by atoms with E-state index < -0.39 is 0 Å². The molecule has 1 saturated carbocycles. The molecule has 1 heterocycles. The van der Waals surface area contributed by atoms with Crippen molar-refractivity contribution < 1.29 is 4.79 Å². The number of piperazine rings is 1. The Hall–Kier alpha value is -1.77. The molecule has 0 atom stereocenters. The van der Waals surface area contributed by atoms with Gasteiger partial charge < -0.3 is 10.2 Å². The van der Waals surface area contributed by atoms with Gasteiger partial charge in [-0.3, -0.25) is 9.69 Å². The molecule has 1 aliphatic carbocycles. The van der Waals surface area contributed by atoms with Gasteiger partial charge in [0.15, 0.2) is 0 Å². The molecule has 1 aliphatic heterocycles. The molecule has 3 rings (SSSR count). The molecule has 0 radical (unpaired) electrons. The number of amides is 1. The summed E-state index contributed by atoms with van der Waals surface area (Å²) in [5.41, 5.74) is 1.15. The molecule has 2 fully saturated rings. The van der Waals surface area contributed by atoms with Gasteiger partial charge in [0, 0.05) is 45.1 Å². The number of rotatable bonds is 8. The van der Waals surface area contributed by atoms with Crippen molar-refractivity contribution in [3.05, 3.63) is 29.3 Å². The minimum absolute atomic E-state index is 0.111. The van der Waals surface area contributed by atoms with Crippen LogP contribution in [0.25, 0.3) is 0 Å². The van der Waals surface area contributed by atoms with Gasteiger partial charge in [0.1, 0.15) is 0 Å². The average Bonchev–Trinajstić information content (AvgIpc) is 2.74. The number of halogens is 1. The maximum atomic E-state index is 11.9. The molecular weight excluding hydrogens is 384 g/mol. The zero-order chi connectivity index (χ0) is 20.5. The highest BCUT2D eigenvalue weighted by molar-refractivity contribution is 6.33. The maximum Gasteiger partial charge on any atom is 0.220 e. The number of para-hydroxylation sites is 1. The molecule has 1 amide bonds. The zero-order valence-corrected chi connectivity index (χ0v) is 18.0. The second-order valence-corrected chi connectivity index (χ2v) is 8.77. The molecule has 1 aromatic rings. The summed E-state index contributed by atoms with van der Waals surface area (Å²) >= 11 is 6.34. The largest absolute Gasteiger partial charge is 0.368 e. The van der Waals surface area contributed by atoms with Crippen LogP contribution in [0.4, 0.5) is 5.69 Å². The zero-order valence-electron chi connectivity index (χ0n) is 17.3. The first-order chi connectivity index (χ1) is 14.2. The molecule has 158 valence electrons. The smallest absolute Gasteiger partial charge is 0.220 e. The molecule has 5 nitrogen and oxygen atoms in total. The van der Waals surface area contributed by atoms with E-state index in [0.29, 0.717) is 25.3 Å². The number of nitriles is 1. The number of unbranched alkanes of at least 4 members (excludes halogenated alkanes) is 1. The van der Waals surface area contributed by atoms with E-state index in [1.165, 1.54) is 25.8 Å². The van der Waals surface area contributed by atoms with E-state index in [1.54, 1.807) is 0 Å². The minimum atomic E-state index is 0.111. The first-order valence-corrected chi connectivity index (χ1v) is 11.4. The topological polar surface area (TPSA) is 59.4 Å². The van der Waals surface area contributed by atoms with Gasteiger partial charge in [0.05, 0.1) is 16.8 Å². The Kier molecular flexibility index (Phi) is 8.64. The second-order valence-electron chi connectivity index (χ2n) is 8.37. The number of nitrogens with one attached hydrogen (secondary N) is 1. The van der Waals surface area contributed by atoms with Crippen LogP contribution in [0, 0.1) is 17.2 Å². The van der Waals surface area contributed by atoms with Crippen molar-refractivity contribution >= 4 is 23.2 Å². The van der Waals surface area contributed by atoms with E-state index in [-0.39, 0.29) is 5.91 Å². The Bertz CT molecular complexity index is 688. The summed E-state index contributed by atoms with van der Waals surface area (Å²) in [6, 6.07) is 10.5. The van der Waals surface area contributed by atoms with Crippen LogP contribution >= 0.6 is 11.6 Å². The number of hydrogen-bond donors (Lipinski definition) is 1. The van der Waals surface area contributed by atoms with Gasteiger partial charge in [-0.1, -0.05) is 23.7 Å². The van der Waals surface area contributed by atoms with Crippen molar-refractivity contribution in [1.29, 1.82) is 5.26 Å².